The smallest absolute Gasteiger partial charge is 0.253 e. The van der Waals surface area contributed by atoms with Gasteiger partial charge in [0.15, 0.2) is 0 Å². The molecule has 0 aromatic heterocycles. The number of nitrogens with one attached hydrogen (secondary N) is 3. The molecule has 2 aromatic rings. The second-order valence-corrected chi connectivity index (χ2v) is 15.0. The summed E-state index contributed by atoms with van der Waals surface area (Å²) >= 11 is 11.6. The molecule has 0 saturated heterocycles. The van der Waals surface area contributed by atoms with Crippen LogP contribution in [0.3, 0.4) is 0 Å². The van der Waals surface area contributed by atoms with Gasteiger partial charge in [-0.2, -0.15) is 0 Å². The molecule has 0 aliphatic heterocycles. The van der Waals surface area contributed by atoms with Crippen molar-refractivity contribution >= 4 is 171 Å². The Morgan fingerprint density at radius 3 is 1.48 bits per heavy atom. The van der Waals surface area contributed by atoms with Crippen LogP contribution in [0.25, 0.3) is 0 Å². The number of aliphatic hydroxyl groups excluding tert-OH is 4. The number of anilines is 1. The van der Waals surface area contributed by atoms with Gasteiger partial charge in [0.05, 0.1) is 60.5 Å². The normalized spacial score (nSPS) is 11.9. The molecule has 11 N–H and O–H groups in total. The Morgan fingerprint density at radius 1 is 0.705 bits per heavy atom. The summed E-state index contributed by atoms with van der Waals surface area (Å²) < 4.78 is 3.14. The topological polar surface area (TPSA) is 254 Å². The van der Waals surface area contributed by atoms with Gasteiger partial charge in [0.25, 0.3) is 17.7 Å². The quantitative estimate of drug-likeness (QED) is 0.116. The highest BCUT2D eigenvalue weighted by Crippen LogP contribution is 2.36. The second-order valence-electron chi connectivity index (χ2n) is 8.48. The molecule has 5 amide bonds. The van der Waals surface area contributed by atoms with Crippen LogP contribution in [0.15, 0.2) is 6.07 Å². The Morgan fingerprint density at radius 2 is 1.14 bits per heavy atom. The molecule has 0 bridgehead atoms. The van der Waals surface area contributed by atoms with Crippen LogP contribution in [0.1, 0.15) is 48.4 Å². The largest absolute Gasteiger partial charge is 0.394 e. The first kappa shape index (κ1) is 42.0. The lowest BCUT2D eigenvalue weighted by Gasteiger charge is -2.20. The number of rotatable bonds is 11. The molecule has 0 aliphatic carbocycles. The van der Waals surface area contributed by atoms with Crippen molar-refractivity contribution in [3.05, 3.63) is 49.7 Å². The molecule has 44 heavy (non-hydrogen) atoms. The maximum absolute atomic E-state index is 12.7. The van der Waals surface area contributed by atoms with E-state index in [-0.39, 0.29) is 29.9 Å². The van der Waals surface area contributed by atoms with Crippen LogP contribution in [0, 0.1) is 21.4 Å². The van der Waals surface area contributed by atoms with Crippen molar-refractivity contribution in [2.24, 2.45) is 11.5 Å². The zero-order chi connectivity index (χ0) is 34.0. The Bertz CT molecular complexity index is 1410. The van der Waals surface area contributed by atoms with Gasteiger partial charge >= 0.3 is 0 Å². The van der Waals surface area contributed by atoms with Crippen LogP contribution >= 0.6 is 136 Å². The Balaban J connectivity index is 0.000000539. The summed E-state index contributed by atoms with van der Waals surface area (Å²) in [6.07, 6.45) is -2.29. The average Bonchev–Trinajstić information content (AvgIpc) is 2.94. The number of hydrogen-bond donors (Lipinski definition) is 9. The van der Waals surface area contributed by atoms with Gasteiger partial charge in [-0.1, -0.05) is 0 Å². The van der Waals surface area contributed by atoms with E-state index >= 15 is 0 Å². The highest BCUT2D eigenvalue weighted by atomic mass is 127. The third kappa shape index (κ3) is 11.6. The number of aliphatic hydroxyl groups is 4. The molecule has 2 aromatic carbocycles. The number of hydrogen-bond acceptors (Lipinski definition) is 9. The van der Waals surface area contributed by atoms with Crippen LogP contribution in [0.2, 0.25) is 0 Å². The minimum absolute atomic E-state index is 0.119. The van der Waals surface area contributed by atoms with E-state index in [1.807, 2.05) is 136 Å². The molecular weight excluding hydrogens is 1260 g/mol. The van der Waals surface area contributed by atoms with Crippen molar-refractivity contribution < 1.29 is 44.4 Å². The predicted molar refractivity (Wildman–Crippen MR) is 211 cm³/mol. The molecule has 242 valence electrons. The molecule has 2 atom stereocenters. The van der Waals surface area contributed by atoms with Crippen molar-refractivity contribution in [1.82, 2.24) is 10.6 Å². The Kier molecular flexibility index (Phi) is 18.9. The van der Waals surface area contributed by atoms with Crippen LogP contribution in [-0.4, -0.2) is 88.5 Å². The van der Waals surface area contributed by atoms with Gasteiger partial charge in [-0.15, -0.1) is 0 Å². The Hall–Kier alpha value is 0.01000. The lowest BCUT2D eigenvalue weighted by Crippen LogP contribution is -2.37. The van der Waals surface area contributed by atoms with Gasteiger partial charge in [0.2, 0.25) is 11.8 Å². The van der Waals surface area contributed by atoms with E-state index in [4.69, 9.17) is 21.7 Å². The standard InChI is InChI=1S/C16H20I3N3O7.C8H5I3N2O2/c1-6(25)22-14-12(18)9(15(28)20-2-7(26)4-23)11(17)10(13(14)19)16(29)21-3-8(27)5-24;9-3-1-2(7(12)14)5(10)4(6(3)11)8(13)15/h7-8,23-24,26-27H,2-5H2,1H3,(H,20,28)(H,21,29)(H,22,25);1H,(H2,12,14)(H2,13,15). The number of halogens is 6. The number of primary amides is 2. The molecule has 2 unspecified atom stereocenters. The number of nitrogens with two attached hydrogens (primary N) is 2. The van der Waals surface area contributed by atoms with Crippen molar-refractivity contribution in [3.8, 4) is 0 Å². The van der Waals surface area contributed by atoms with E-state index in [0.717, 1.165) is 7.14 Å². The number of carbonyl (C=O) groups is 5. The third-order valence-electron chi connectivity index (χ3n) is 5.16. The van der Waals surface area contributed by atoms with Crippen molar-refractivity contribution in [2.75, 3.05) is 31.6 Å². The monoisotopic (exact) mass is 1290 g/mol. The zero-order valence-corrected chi connectivity index (χ0v) is 35.3. The maximum Gasteiger partial charge on any atom is 0.253 e. The summed E-state index contributed by atoms with van der Waals surface area (Å²) in [5, 5.41) is 44.3. The van der Waals surface area contributed by atoms with Gasteiger partial charge in [-0.25, -0.2) is 0 Å². The summed E-state index contributed by atoms with van der Waals surface area (Å²) in [5.74, 6) is -2.70. The minimum atomic E-state index is -1.14. The summed E-state index contributed by atoms with van der Waals surface area (Å²) in [6.45, 7) is -0.169. The van der Waals surface area contributed by atoms with Crippen molar-refractivity contribution in [1.29, 1.82) is 0 Å². The molecule has 0 heterocycles. The summed E-state index contributed by atoms with van der Waals surface area (Å²) in [4.78, 5) is 59.4. The van der Waals surface area contributed by atoms with Crippen molar-refractivity contribution in [2.45, 2.75) is 19.1 Å². The second kappa shape index (κ2) is 19.7. The molecule has 20 heteroatoms. The van der Waals surface area contributed by atoms with E-state index in [0.29, 0.717) is 25.4 Å². The molecule has 0 fully saturated rings. The lowest BCUT2D eigenvalue weighted by atomic mass is 10.1. The third-order valence-corrected chi connectivity index (χ3v) is 12.5. The van der Waals surface area contributed by atoms with Gasteiger partial charge in [-0.3, -0.25) is 24.0 Å². The van der Waals surface area contributed by atoms with Gasteiger partial charge in [0, 0.05) is 34.3 Å². The van der Waals surface area contributed by atoms with E-state index < -0.39 is 55.0 Å². The molecule has 2 rings (SSSR count). The minimum Gasteiger partial charge on any atom is -0.394 e. The number of amides is 5. The molecule has 0 aliphatic rings. The van der Waals surface area contributed by atoms with E-state index in [2.05, 4.69) is 16.0 Å². The first-order valence-electron chi connectivity index (χ1n) is 11.8. The van der Waals surface area contributed by atoms with Gasteiger partial charge in [-0.05, 0) is 142 Å². The maximum atomic E-state index is 12.7. The Labute approximate surface area is 333 Å². The van der Waals surface area contributed by atoms with E-state index in [1.165, 1.54) is 6.92 Å². The fourth-order valence-electron chi connectivity index (χ4n) is 3.07. The average molecular weight is 1290 g/mol. The highest BCUT2D eigenvalue weighted by Gasteiger charge is 2.28. The molecule has 0 radical (unpaired) electrons. The molecule has 0 spiro atoms. The van der Waals surface area contributed by atoms with E-state index in [9.17, 15) is 34.2 Å². The molecule has 14 nitrogen and oxygen atoms in total. The molecular formula is C24H25I6N5O9. The van der Waals surface area contributed by atoms with Crippen LogP contribution < -0.4 is 27.4 Å². The highest BCUT2D eigenvalue weighted by molar-refractivity contribution is 14.1. The van der Waals surface area contributed by atoms with E-state index in [1.54, 1.807) is 6.07 Å². The van der Waals surface area contributed by atoms with Gasteiger partial charge < -0.3 is 47.8 Å². The lowest BCUT2D eigenvalue weighted by molar-refractivity contribution is -0.114. The van der Waals surface area contributed by atoms with Crippen LogP contribution in [-0.2, 0) is 4.79 Å². The summed E-state index contributed by atoms with van der Waals surface area (Å²) in [6, 6.07) is 1.65. The summed E-state index contributed by atoms with van der Waals surface area (Å²) in [5.41, 5.74) is 11.7. The molecule has 0 saturated carbocycles. The van der Waals surface area contributed by atoms with Crippen LogP contribution in [0.4, 0.5) is 5.69 Å². The number of carbonyl (C=O) groups excluding carboxylic acids is 5. The van der Waals surface area contributed by atoms with Gasteiger partial charge in [0.1, 0.15) is 0 Å². The fourth-order valence-corrected chi connectivity index (χ4v) is 10.2. The first-order valence-corrected chi connectivity index (χ1v) is 18.3. The SMILES string of the molecule is CC(=O)Nc1c(I)c(C(=O)NCC(O)CO)c(I)c(C(=O)NCC(O)CO)c1I.NC(=O)c1cc(I)c(I)c(C(N)=O)c1I. The fraction of sp³-hybridized carbons (Fsp3) is 0.292. The first-order chi connectivity index (χ1) is 20.4. The number of benzene rings is 2. The predicted octanol–water partition coefficient (Wildman–Crippen LogP) is 1.32. The van der Waals surface area contributed by atoms with Crippen LogP contribution in [0.5, 0.6) is 0 Å². The van der Waals surface area contributed by atoms with Crippen molar-refractivity contribution in [3.63, 3.8) is 0 Å². The zero-order valence-electron chi connectivity index (χ0n) is 22.3. The summed E-state index contributed by atoms with van der Waals surface area (Å²) in [7, 11) is 0.